The Bertz CT molecular complexity index is 1400. The zero-order valence-electron chi connectivity index (χ0n) is 20.1. The maximum Gasteiger partial charge on any atom is 0.152 e. The molecule has 1 N–H and O–H groups in total. The summed E-state index contributed by atoms with van der Waals surface area (Å²) in [4.78, 5) is 11.2. The third-order valence-electron chi connectivity index (χ3n) is 6.44. The monoisotopic (exact) mass is 502 g/mol. The third-order valence-corrected chi connectivity index (χ3v) is 8.05. The van der Waals surface area contributed by atoms with Crippen molar-refractivity contribution in [1.82, 2.24) is 14.9 Å². The summed E-state index contributed by atoms with van der Waals surface area (Å²) in [7, 11) is -2.83. The normalized spacial score (nSPS) is 15.6. The summed E-state index contributed by atoms with van der Waals surface area (Å²) in [5, 5.41) is 4.36. The summed E-state index contributed by atoms with van der Waals surface area (Å²) in [5.74, 6) is 2.13. The van der Waals surface area contributed by atoms with E-state index < -0.39 is 9.84 Å². The predicted molar refractivity (Wildman–Crippen MR) is 143 cm³/mol. The maximum absolute atomic E-state index is 11.6. The molecule has 7 nitrogen and oxygen atoms in total. The second-order valence-corrected chi connectivity index (χ2v) is 11.4. The number of hydrogen-bond acceptors (Lipinski definition) is 7. The highest BCUT2D eigenvalue weighted by molar-refractivity contribution is 7.91. The number of rotatable bonds is 9. The van der Waals surface area contributed by atoms with Gasteiger partial charge >= 0.3 is 0 Å². The van der Waals surface area contributed by atoms with Gasteiger partial charge in [0.25, 0.3) is 0 Å². The van der Waals surface area contributed by atoms with Gasteiger partial charge in [-0.25, -0.2) is 18.4 Å². The molecule has 0 amide bonds. The van der Waals surface area contributed by atoms with Crippen LogP contribution in [0.25, 0.3) is 10.9 Å². The van der Waals surface area contributed by atoms with Crippen LogP contribution in [0, 0.1) is 0 Å². The Morgan fingerprint density at radius 2 is 1.67 bits per heavy atom. The maximum atomic E-state index is 11.6. The Morgan fingerprint density at radius 1 is 0.889 bits per heavy atom. The molecular weight excluding hydrogens is 472 g/mol. The average molecular weight is 503 g/mol. The quantitative estimate of drug-likeness (QED) is 0.358. The van der Waals surface area contributed by atoms with Crippen molar-refractivity contribution in [3.8, 4) is 5.75 Å². The van der Waals surface area contributed by atoms with Gasteiger partial charge < -0.3 is 15.0 Å². The molecule has 186 valence electrons. The number of fused-ring (bicyclic) bond motifs is 1. The molecule has 3 aromatic carbocycles. The molecule has 0 radical (unpaired) electrons. The number of anilines is 2. The number of nitrogens with one attached hydrogen (secondary N) is 1. The lowest BCUT2D eigenvalue weighted by Crippen LogP contribution is -2.40. The minimum Gasteiger partial charge on any atom is -0.489 e. The van der Waals surface area contributed by atoms with E-state index in [1.807, 2.05) is 54.6 Å². The number of aryl methyl sites for hydroxylation is 1. The Morgan fingerprint density at radius 3 is 2.44 bits per heavy atom. The molecule has 0 atom stereocenters. The minimum absolute atomic E-state index is 0.277. The molecule has 1 aliphatic heterocycles. The molecular formula is C28H30N4O3S. The topological polar surface area (TPSA) is 84.4 Å². The lowest BCUT2D eigenvalue weighted by Gasteiger charge is -2.26. The molecule has 1 aliphatic rings. The summed E-state index contributed by atoms with van der Waals surface area (Å²) in [5.41, 5.74) is 4.18. The van der Waals surface area contributed by atoms with Gasteiger partial charge in [-0.1, -0.05) is 36.4 Å². The number of nitrogens with zero attached hydrogens (tertiary/aromatic N) is 3. The van der Waals surface area contributed by atoms with Crippen LogP contribution < -0.4 is 10.1 Å². The van der Waals surface area contributed by atoms with Crippen LogP contribution in [-0.2, 0) is 22.9 Å². The second-order valence-electron chi connectivity index (χ2n) is 9.09. The predicted octanol–water partition coefficient (Wildman–Crippen LogP) is 4.62. The molecule has 5 rings (SSSR count). The molecule has 1 saturated heterocycles. The minimum atomic E-state index is -2.83. The first-order valence-corrected chi connectivity index (χ1v) is 14.1. The van der Waals surface area contributed by atoms with Crippen LogP contribution in [0.3, 0.4) is 0 Å². The van der Waals surface area contributed by atoms with Crippen molar-refractivity contribution in [2.24, 2.45) is 0 Å². The molecule has 8 heteroatoms. The van der Waals surface area contributed by atoms with Crippen molar-refractivity contribution < 1.29 is 13.2 Å². The number of ether oxygens (including phenoxy) is 1. The lowest BCUT2D eigenvalue weighted by molar-refractivity contribution is 0.292. The first-order valence-electron chi connectivity index (χ1n) is 12.2. The molecule has 1 fully saturated rings. The van der Waals surface area contributed by atoms with Gasteiger partial charge in [0.15, 0.2) is 9.84 Å². The Hall–Kier alpha value is -3.49. The average Bonchev–Trinajstić information content (AvgIpc) is 2.90. The van der Waals surface area contributed by atoms with E-state index in [1.165, 1.54) is 5.56 Å². The zero-order valence-corrected chi connectivity index (χ0v) is 21.0. The third kappa shape index (κ3) is 6.38. The molecule has 0 unspecified atom stereocenters. The summed E-state index contributed by atoms with van der Waals surface area (Å²) in [6.45, 7) is 2.73. The first kappa shape index (κ1) is 24.2. The van der Waals surface area contributed by atoms with Crippen LogP contribution in [0.15, 0.2) is 79.1 Å². The summed E-state index contributed by atoms with van der Waals surface area (Å²) in [6.07, 6.45) is 3.50. The summed E-state index contributed by atoms with van der Waals surface area (Å²) >= 11 is 0. The first-order chi connectivity index (χ1) is 17.5. The Kier molecular flexibility index (Phi) is 7.44. The molecule has 0 spiro atoms. The highest BCUT2D eigenvalue weighted by Crippen LogP contribution is 2.25. The molecule has 0 saturated carbocycles. The number of hydrogen-bond donors (Lipinski definition) is 1. The van der Waals surface area contributed by atoms with E-state index in [1.54, 1.807) is 6.33 Å². The fraction of sp³-hybridized carbons (Fsp3) is 0.286. The van der Waals surface area contributed by atoms with Crippen LogP contribution >= 0.6 is 0 Å². The van der Waals surface area contributed by atoms with Gasteiger partial charge in [0.2, 0.25) is 0 Å². The Balaban J connectivity index is 1.17. The van der Waals surface area contributed by atoms with Crippen molar-refractivity contribution in [2.45, 2.75) is 19.4 Å². The second kappa shape index (κ2) is 11.1. The smallest absolute Gasteiger partial charge is 0.152 e. The van der Waals surface area contributed by atoms with Gasteiger partial charge in [-0.15, -0.1) is 0 Å². The van der Waals surface area contributed by atoms with Crippen LogP contribution in [0.1, 0.15) is 17.5 Å². The SMILES string of the molecule is O=S1(=O)CCN(CCCc2ccc3c(Nc4ccc(OCc5ccccc5)cc4)ncnc3c2)CC1. The van der Waals surface area contributed by atoms with Gasteiger partial charge in [-0.3, -0.25) is 0 Å². The van der Waals surface area contributed by atoms with Crippen LogP contribution in [0.5, 0.6) is 5.75 Å². The molecule has 2 heterocycles. The lowest BCUT2D eigenvalue weighted by atomic mass is 10.1. The number of aromatic nitrogens is 2. The van der Waals surface area contributed by atoms with Gasteiger partial charge in [-0.2, -0.15) is 0 Å². The van der Waals surface area contributed by atoms with Crippen molar-refractivity contribution in [1.29, 1.82) is 0 Å². The number of sulfone groups is 1. The largest absolute Gasteiger partial charge is 0.489 e. The highest BCUT2D eigenvalue weighted by atomic mass is 32.2. The molecule has 1 aromatic heterocycles. The van der Waals surface area contributed by atoms with E-state index in [-0.39, 0.29) is 11.5 Å². The van der Waals surface area contributed by atoms with Crippen molar-refractivity contribution in [3.63, 3.8) is 0 Å². The van der Waals surface area contributed by atoms with Crippen LogP contribution in [0.2, 0.25) is 0 Å². The fourth-order valence-electron chi connectivity index (χ4n) is 4.35. The van der Waals surface area contributed by atoms with E-state index >= 15 is 0 Å². The molecule has 0 aliphatic carbocycles. The van der Waals surface area contributed by atoms with Crippen LogP contribution in [-0.4, -0.2) is 54.4 Å². The van der Waals surface area contributed by atoms with E-state index in [9.17, 15) is 8.42 Å². The van der Waals surface area contributed by atoms with Gasteiger partial charge in [0, 0.05) is 24.2 Å². The van der Waals surface area contributed by atoms with E-state index in [0.717, 1.165) is 53.1 Å². The highest BCUT2D eigenvalue weighted by Gasteiger charge is 2.20. The summed E-state index contributed by atoms with van der Waals surface area (Å²) < 4.78 is 29.1. The molecule has 0 bridgehead atoms. The standard InChI is InChI=1S/C28H30N4O3S/c33-36(34)17-15-32(16-18-36)14-4-7-22-8-13-26-27(19-22)29-21-30-28(26)31-24-9-11-25(12-10-24)35-20-23-5-2-1-3-6-23/h1-3,5-6,8-13,19,21H,4,7,14-18,20H2,(H,29,30,31). The zero-order chi connectivity index (χ0) is 24.8. The van der Waals surface area contributed by atoms with Crippen molar-refractivity contribution >= 4 is 32.2 Å². The molecule has 4 aromatic rings. The van der Waals surface area contributed by atoms with E-state index in [4.69, 9.17) is 4.74 Å². The van der Waals surface area contributed by atoms with Crippen molar-refractivity contribution in [2.75, 3.05) is 36.5 Å². The van der Waals surface area contributed by atoms with Gasteiger partial charge in [-0.05, 0) is 66.9 Å². The summed E-state index contributed by atoms with van der Waals surface area (Å²) in [6, 6.07) is 24.3. The fourth-order valence-corrected chi connectivity index (χ4v) is 5.63. The van der Waals surface area contributed by atoms with E-state index in [2.05, 4.69) is 38.4 Å². The van der Waals surface area contributed by atoms with Gasteiger partial charge in [0.1, 0.15) is 24.5 Å². The Labute approximate surface area is 212 Å². The molecule has 36 heavy (non-hydrogen) atoms. The van der Waals surface area contributed by atoms with Crippen molar-refractivity contribution in [3.05, 3.63) is 90.3 Å². The van der Waals surface area contributed by atoms with Crippen LogP contribution in [0.4, 0.5) is 11.5 Å². The van der Waals surface area contributed by atoms with Gasteiger partial charge in [0.05, 0.1) is 17.0 Å². The van der Waals surface area contributed by atoms with E-state index in [0.29, 0.717) is 19.7 Å². The number of benzene rings is 3.